The van der Waals surface area contributed by atoms with Crippen molar-refractivity contribution in [2.45, 2.75) is 26.9 Å². The molecule has 0 atom stereocenters. The number of aromatic nitrogens is 4. The van der Waals surface area contributed by atoms with Gasteiger partial charge in [-0.2, -0.15) is 10.2 Å². The molecule has 0 aromatic carbocycles. The SMILES string of the molecule is CCn1cc(C(=O)N2CCN(Cc3cnn(C)c3)CC2)c(C)n1. The highest BCUT2D eigenvalue weighted by Gasteiger charge is 2.24. The Hall–Kier alpha value is -2.15. The van der Waals surface area contributed by atoms with Crippen molar-refractivity contribution in [1.82, 2.24) is 29.4 Å². The summed E-state index contributed by atoms with van der Waals surface area (Å²) in [5, 5.41) is 8.57. The highest BCUT2D eigenvalue weighted by atomic mass is 16.2. The molecule has 23 heavy (non-hydrogen) atoms. The van der Waals surface area contributed by atoms with E-state index in [1.54, 1.807) is 0 Å². The molecule has 2 aromatic rings. The fourth-order valence-electron chi connectivity index (χ4n) is 2.98. The second kappa shape index (κ2) is 6.54. The van der Waals surface area contributed by atoms with Gasteiger partial charge >= 0.3 is 0 Å². The molecule has 0 aliphatic carbocycles. The standard InChI is InChI=1S/C16H24N6O/c1-4-22-12-15(13(2)18-22)16(23)21-7-5-20(6-8-21)11-14-9-17-19(3)10-14/h9-10,12H,4-8,11H2,1-3H3. The van der Waals surface area contributed by atoms with E-state index in [0.29, 0.717) is 0 Å². The Morgan fingerprint density at radius 3 is 2.52 bits per heavy atom. The number of aryl methyl sites for hydroxylation is 3. The van der Waals surface area contributed by atoms with Gasteiger partial charge in [0.25, 0.3) is 5.91 Å². The van der Waals surface area contributed by atoms with Crippen LogP contribution in [0.3, 0.4) is 0 Å². The number of piperazine rings is 1. The molecule has 3 heterocycles. The summed E-state index contributed by atoms with van der Waals surface area (Å²) in [7, 11) is 1.93. The zero-order chi connectivity index (χ0) is 16.4. The minimum absolute atomic E-state index is 0.100. The predicted octanol–water partition coefficient (Wildman–Crippen LogP) is 0.903. The molecule has 124 valence electrons. The first-order valence-electron chi connectivity index (χ1n) is 8.10. The Morgan fingerprint density at radius 2 is 1.96 bits per heavy atom. The van der Waals surface area contributed by atoms with Gasteiger partial charge in [0.1, 0.15) is 0 Å². The maximum atomic E-state index is 12.7. The largest absolute Gasteiger partial charge is 0.336 e. The van der Waals surface area contributed by atoms with Crippen molar-refractivity contribution in [3.8, 4) is 0 Å². The van der Waals surface area contributed by atoms with Crippen LogP contribution in [-0.2, 0) is 20.1 Å². The highest BCUT2D eigenvalue weighted by molar-refractivity contribution is 5.95. The molecule has 0 N–H and O–H groups in total. The average molecular weight is 316 g/mol. The fraction of sp³-hybridized carbons (Fsp3) is 0.562. The first kappa shape index (κ1) is 15.7. The van der Waals surface area contributed by atoms with E-state index < -0.39 is 0 Å². The van der Waals surface area contributed by atoms with E-state index in [0.717, 1.165) is 50.5 Å². The second-order valence-electron chi connectivity index (χ2n) is 6.07. The van der Waals surface area contributed by atoms with Crippen LogP contribution in [0, 0.1) is 6.92 Å². The molecule has 0 radical (unpaired) electrons. The van der Waals surface area contributed by atoms with E-state index >= 15 is 0 Å². The van der Waals surface area contributed by atoms with Gasteiger partial charge in [0.2, 0.25) is 0 Å². The third-order valence-electron chi connectivity index (χ3n) is 4.32. The Bertz CT molecular complexity index is 681. The first-order chi connectivity index (χ1) is 11.1. The van der Waals surface area contributed by atoms with E-state index in [2.05, 4.69) is 15.1 Å². The summed E-state index contributed by atoms with van der Waals surface area (Å²) in [6, 6.07) is 0. The zero-order valence-electron chi connectivity index (χ0n) is 14.1. The number of nitrogens with zero attached hydrogens (tertiary/aromatic N) is 6. The van der Waals surface area contributed by atoms with Crippen LogP contribution in [0.4, 0.5) is 0 Å². The van der Waals surface area contributed by atoms with Gasteiger partial charge in [-0.05, 0) is 13.8 Å². The van der Waals surface area contributed by atoms with Crippen LogP contribution < -0.4 is 0 Å². The number of hydrogen-bond acceptors (Lipinski definition) is 4. The summed E-state index contributed by atoms with van der Waals surface area (Å²) in [4.78, 5) is 17.0. The molecule has 7 nitrogen and oxygen atoms in total. The first-order valence-corrected chi connectivity index (χ1v) is 8.10. The average Bonchev–Trinajstić information content (AvgIpc) is 3.13. The summed E-state index contributed by atoms with van der Waals surface area (Å²) < 4.78 is 3.64. The summed E-state index contributed by atoms with van der Waals surface area (Å²) in [5.74, 6) is 0.100. The van der Waals surface area contributed by atoms with Crippen molar-refractivity contribution in [2.75, 3.05) is 26.2 Å². The zero-order valence-corrected chi connectivity index (χ0v) is 14.1. The summed E-state index contributed by atoms with van der Waals surface area (Å²) >= 11 is 0. The number of hydrogen-bond donors (Lipinski definition) is 0. The van der Waals surface area contributed by atoms with Crippen LogP contribution in [0.5, 0.6) is 0 Å². The highest BCUT2D eigenvalue weighted by Crippen LogP contribution is 2.13. The van der Waals surface area contributed by atoms with Gasteiger partial charge in [-0.25, -0.2) is 0 Å². The van der Waals surface area contributed by atoms with Crippen LogP contribution in [0.2, 0.25) is 0 Å². The molecular weight excluding hydrogens is 292 g/mol. The number of amides is 1. The Morgan fingerprint density at radius 1 is 1.22 bits per heavy atom. The third kappa shape index (κ3) is 3.44. The van der Waals surface area contributed by atoms with Crippen molar-refractivity contribution >= 4 is 5.91 Å². The minimum atomic E-state index is 0.100. The van der Waals surface area contributed by atoms with Crippen LogP contribution in [0.15, 0.2) is 18.6 Å². The predicted molar refractivity (Wildman–Crippen MR) is 87.0 cm³/mol. The number of rotatable bonds is 4. The Kier molecular flexibility index (Phi) is 4.47. The van der Waals surface area contributed by atoms with Gasteiger partial charge in [-0.3, -0.25) is 19.1 Å². The van der Waals surface area contributed by atoms with Gasteiger partial charge < -0.3 is 4.90 Å². The maximum absolute atomic E-state index is 12.7. The van der Waals surface area contributed by atoms with Crippen molar-refractivity contribution < 1.29 is 4.79 Å². The van der Waals surface area contributed by atoms with Crippen LogP contribution in [0.25, 0.3) is 0 Å². The third-order valence-corrected chi connectivity index (χ3v) is 4.32. The van der Waals surface area contributed by atoms with E-state index in [4.69, 9.17) is 0 Å². The summed E-state index contributed by atoms with van der Waals surface area (Å²) in [6.07, 6.45) is 5.81. The molecule has 7 heteroatoms. The van der Waals surface area contributed by atoms with Gasteiger partial charge in [0, 0.05) is 64.3 Å². The van der Waals surface area contributed by atoms with Crippen molar-refractivity contribution in [3.05, 3.63) is 35.4 Å². The van der Waals surface area contributed by atoms with Gasteiger partial charge in [0.15, 0.2) is 0 Å². The Balaban J connectivity index is 1.57. The molecule has 3 rings (SSSR count). The molecule has 2 aromatic heterocycles. The van der Waals surface area contributed by atoms with E-state index in [1.807, 2.05) is 53.7 Å². The number of carbonyl (C=O) groups is 1. The lowest BCUT2D eigenvalue weighted by Crippen LogP contribution is -2.48. The van der Waals surface area contributed by atoms with Gasteiger partial charge in [-0.1, -0.05) is 0 Å². The second-order valence-corrected chi connectivity index (χ2v) is 6.07. The van der Waals surface area contributed by atoms with Gasteiger partial charge in [0.05, 0.1) is 17.5 Å². The summed E-state index contributed by atoms with van der Waals surface area (Å²) in [5.41, 5.74) is 2.76. The molecule has 1 fully saturated rings. The van der Waals surface area contributed by atoms with Crippen LogP contribution >= 0.6 is 0 Å². The Labute approximate surface area is 136 Å². The molecule has 1 amide bonds. The lowest BCUT2D eigenvalue weighted by atomic mass is 10.2. The summed E-state index contributed by atoms with van der Waals surface area (Å²) in [6.45, 7) is 8.90. The van der Waals surface area contributed by atoms with E-state index in [-0.39, 0.29) is 5.91 Å². The molecule has 0 unspecified atom stereocenters. The lowest BCUT2D eigenvalue weighted by Gasteiger charge is -2.34. The normalized spacial score (nSPS) is 16.0. The quantitative estimate of drug-likeness (QED) is 0.841. The molecule has 0 bridgehead atoms. The molecule has 1 aliphatic heterocycles. The van der Waals surface area contributed by atoms with Crippen molar-refractivity contribution in [2.24, 2.45) is 7.05 Å². The van der Waals surface area contributed by atoms with Crippen molar-refractivity contribution in [1.29, 1.82) is 0 Å². The lowest BCUT2D eigenvalue weighted by molar-refractivity contribution is 0.0627. The number of carbonyl (C=O) groups excluding carboxylic acids is 1. The van der Waals surface area contributed by atoms with E-state index in [9.17, 15) is 4.79 Å². The van der Waals surface area contributed by atoms with Gasteiger partial charge in [-0.15, -0.1) is 0 Å². The smallest absolute Gasteiger partial charge is 0.257 e. The maximum Gasteiger partial charge on any atom is 0.257 e. The topological polar surface area (TPSA) is 59.2 Å². The van der Waals surface area contributed by atoms with E-state index in [1.165, 1.54) is 5.56 Å². The fourth-order valence-corrected chi connectivity index (χ4v) is 2.98. The molecule has 1 aliphatic rings. The molecule has 0 spiro atoms. The molecule has 1 saturated heterocycles. The van der Waals surface area contributed by atoms with Crippen molar-refractivity contribution in [3.63, 3.8) is 0 Å². The minimum Gasteiger partial charge on any atom is -0.336 e. The molecular formula is C16H24N6O. The van der Waals surface area contributed by atoms with Crippen LogP contribution in [0.1, 0.15) is 28.5 Å². The van der Waals surface area contributed by atoms with Crippen LogP contribution in [-0.4, -0.2) is 61.4 Å². The molecule has 0 saturated carbocycles. The monoisotopic (exact) mass is 316 g/mol.